The van der Waals surface area contributed by atoms with Crippen LogP contribution in [-0.4, -0.2) is 42.6 Å². The number of halogens is 2. The maximum absolute atomic E-state index is 12.9. The summed E-state index contributed by atoms with van der Waals surface area (Å²) < 4.78 is 37.4. The zero-order valence-electron chi connectivity index (χ0n) is 17.7. The summed E-state index contributed by atoms with van der Waals surface area (Å²) in [5, 5.41) is 2.86. The van der Waals surface area contributed by atoms with E-state index in [1.54, 1.807) is 12.3 Å². The lowest BCUT2D eigenvalue weighted by molar-refractivity contribution is -0.119. The van der Waals surface area contributed by atoms with Crippen molar-refractivity contribution in [3.8, 4) is 11.5 Å². The molecule has 6 nitrogen and oxygen atoms in total. The van der Waals surface area contributed by atoms with Gasteiger partial charge in [-0.2, -0.15) is 0 Å². The number of nitrogens with zero attached hydrogens (tertiary/aromatic N) is 2. The van der Waals surface area contributed by atoms with Crippen molar-refractivity contribution >= 4 is 11.7 Å². The monoisotopic (exact) mass is 431 g/mol. The largest absolute Gasteiger partial charge is 0.491 e. The maximum atomic E-state index is 12.9. The third-order valence-corrected chi connectivity index (χ3v) is 5.70. The number of carbonyl (C=O) groups is 1. The van der Waals surface area contributed by atoms with Gasteiger partial charge in [0.2, 0.25) is 5.91 Å². The molecule has 1 aliphatic carbocycles. The van der Waals surface area contributed by atoms with Crippen LogP contribution in [-0.2, 0) is 4.79 Å². The van der Waals surface area contributed by atoms with Crippen LogP contribution in [0.25, 0.3) is 0 Å². The van der Waals surface area contributed by atoms with Crippen LogP contribution in [0.5, 0.6) is 11.5 Å². The number of ether oxygens (including phenoxy) is 2. The smallest absolute Gasteiger partial charge is 0.255 e. The Bertz CT molecular complexity index is 905. The molecule has 8 heteroatoms. The molecule has 0 radical (unpaired) electrons. The lowest BCUT2D eigenvalue weighted by atomic mass is 10.1. The number of hydrogen-bond acceptors (Lipinski definition) is 5. The molecule has 4 rings (SSSR count). The highest BCUT2D eigenvalue weighted by Gasteiger charge is 2.57. The number of rotatable bonds is 8. The molecular formula is C23H27F2N3O3. The van der Waals surface area contributed by atoms with Gasteiger partial charge in [0.25, 0.3) is 5.92 Å². The maximum Gasteiger partial charge on any atom is 0.255 e. The number of amides is 1. The van der Waals surface area contributed by atoms with Crippen molar-refractivity contribution in [3.63, 3.8) is 0 Å². The molecule has 1 unspecified atom stereocenters. The van der Waals surface area contributed by atoms with E-state index in [-0.39, 0.29) is 31.1 Å². The first-order valence-corrected chi connectivity index (χ1v) is 10.6. The molecule has 31 heavy (non-hydrogen) atoms. The van der Waals surface area contributed by atoms with Gasteiger partial charge in [-0.15, -0.1) is 0 Å². The number of pyridine rings is 1. The van der Waals surface area contributed by atoms with Crippen molar-refractivity contribution in [2.75, 3.05) is 24.6 Å². The molecule has 0 spiro atoms. The summed E-state index contributed by atoms with van der Waals surface area (Å²) in [6.07, 6.45) is 2.42. The summed E-state index contributed by atoms with van der Waals surface area (Å²) in [5.41, 5.74) is 1.02. The van der Waals surface area contributed by atoms with Crippen LogP contribution in [0.3, 0.4) is 0 Å². The Morgan fingerprint density at radius 1 is 1.26 bits per heavy atom. The predicted octanol–water partition coefficient (Wildman–Crippen LogP) is 3.97. The van der Waals surface area contributed by atoms with E-state index < -0.39 is 11.8 Å². The lowest BCUT2D eigenvalue weighted by Crippen LogP contribution is -2.25. The number of nitrogens with one attached hydrogen (secondary N) is 1. The molecule has 1 N–H and O–H groups in total. The van der Waals surface area contributed by atoms with Crippen LogP contribution in [0, 0.1) is 5.92 Å². The van der Waals surface area contributed by atoms with Crippen LogP contribution < -0.4 is 19.7 Å². The standard InChI is InChI=1S/C23H27F2N3O3/c1-15(27-16(2)29)17-3-5-19(6-4-17)31-21-9-10-28(13-21)22-8-7-20(12-26-22)30-14-18-11-23(18,24)25/h3-8,12,15,18,21H,9-11,13-14H2,1-2H3,(H,27,29)/t15-,18?,21+/m0/s1. The van der Waals surface area contributed by atoms with E-state index in [4.69, 9.17) is 9.47 Å². The minimum Gasteiger partial charge on any atom is -0.491 e. The van der Waals surface area contributed by atoms with E-state index >= 15 is 0 Å². The Balaban J connectivity index is 1.26. The van der Waals surface area contributed by atoms with Crippen LogP contribution in [0.15, 0.2) is 42.6 Å². The summed E-state index contributed by atoms with van der Waals surface area (Å²) in [6, 6.07) is 11.3. The number of aromatic nitrogens is 1. The molecule has 1 saturated heterocycles. The van der Waals surface area contributed by atoms with Crippen molar-refractivity contribution in [2.24, 2.45) is 5.92 Å². The number of benzene rings is 1. The fraction of sp³-hybridized carbons (Fsp3) is 0.478. The number of anilines is 1. The third kappa shape index (κ3) is 5.42. The molecule has 1 saturated carbocycles. The molecule has 2 aliphatic rings. The third-order valence-electron chi connectivity index (χ3n) is 5.70. The highest BCUT2D eigenvalue weighted by atomic mass is 19.3. The SMILES string of the molecule is CC(=O)N[C@@H](C)c1ccc(O[C@@H]2CCN(c3ccc(OCC4CC4(F)F)cn3)C2)cc1. The Hall–Kier alpha value is -2.90. The Morgan fingerprint density at radius 2 is 1.97 bits per heavy atom. The molecule has 2 heterocycles. The normalized spacial score (nSPS) is 22.6. The van der Waals surface area contributed by atoms with Gasteiger partial charge in [0.15, 0.2) is 0 Å². The molecule has 1 aliphatic heterocycles. The van der Waals surface area contributed by atoms with Crippen LogP contribution in [0.2, 0.25) is 0 Å². The number of carbonyl (C=O) groups excluding carboxylic acids is 1. The fourth-order valence-corrected chi connectivity index (χ4v) is 3.74. The minimum atomic E-state index is -2.57. The molecule has 1 aromatic heterocycles. The average molecular weight is 431 g/mol. The zero-order valence-corrected chi connectivity index (χ0v) is 17.7. The van der Waals surface area contributed by atoms with E-state index in [1.807, 2.05) is 37.3 Å². The fourth-order valence-electron chi connectivity index (χ4n) is 3.74. The summed E-state index contributed by atoms with van der Waals surface area (Å²) in [6.45, 7) is 5.01. The summed E-state index contributed by atoms with van der Waals surface area (Å²) >= 11 is 0. The van der Waals surface area contributed by atoms with E-state index in [2.05, 4.69) is 15.2 Å². The van der Waals surface area contributed by atoms with Gasteiger partial charge >= 0.3 is 0 Å². The van der Waals surface area contributed by atoms with Crippen LogP contribution in [0.4, 0.5) is 14.6 Å². The molecule has 1 aromatic carbocycles. The van der Waals surface area contributed by atoms with Crippen molar-refractivity contribution in [3.05, 3.63) is 48.2 Å². The molecule has 3 atom stereocenters. The Kier molecular flexibility index (Phi) is 5.98. The van der Waals surface area contributed by atoms with Gasteiger partial charge in [-0.3, -0.25) is 4.79 Å². The first-order chi connectivity index (χ1) is 14.8. The van der Waals surface area contributed by atoms with Gasteiger partial charge < -0.3 is 19.7 Å². The zero-order chi connectivity index (χ0) is 22.0. The molecule has 2 aromatic rings. The lowest BCUT2D eigenvalue weighted by Gasteiger charge is -2.19. The van der Waals surface area contributed by atoms with Gasteiger partial charge in [0.05, 0.1) is 31.3 Å². The predicted molar refractivity (Wildman–Crippen MR) is 113 cm³/mol. The van der Waals surface area contributed by atoms with Gasteiger partial charge in [-0.05, 0) is 36.8 Å². The first-order valence-electron chi connectivity index (χ1n) is 10.6. The Morgan fingerprint density at radius 3 is 2.58 bits per heavy atom. The van der Waals surface area contributed by atoms with E-state index in [0.29, 0.717) is 12.3 Å². The second-order valence-corrected chi connectivity index (χ2v) is 8.29. The topological polar surface area (TPSA) is 63.7 Å². The molecule has 0 bridgehead atoms. The van der Waals surface area contributed by atoms with Crippen molar-refractivity contribution < 1.29 is 23.0 Å². The van der Waals surface area contributed by atoms with Crippen molar-refractivity contribution in [1.29, 1.82) is 0 Å². The van der Waals surface area contributed by atoms with Gasteiger partial charge in [0, 0.05) is 26.3 Å². The molecule has 2 fully saturated rings. The second-order valence-electron chi connectivity index (χ2n) is 8.29. The van der Waals surface area contributed by atoms with E-state index in [1.165, 1.54) is 6.92 Å². The molecule has 166 valence electrons. The van der Waals surface area contributed by atoms with Crippen molar-refractivity contribution in [1.82, 2.24) is 10.3 Å². The van der Waals surface area contributed by atoms with Gasteiger partial charge in [0.1, 0.15) is 23.4 Å². The van der Waals surface area contributed by atoms with E-state index in [9.17, 15) is 13.6 Å². The average Bonchev–Trinajstić information content (AvgIpc) is 3.11. The highest BCUT2D eigenvalue weighted by molar-refractivity contribution is 5.73. The highest BCUT2D eigenvalue weighted by Crippen LogP contribution is 2.48. The molecule has 1 amide bonds. The Labute approximate surface area is 180 Å². The van der Waals surface area contributed by atoms with Crippen LogP contribution >= 0.6 is 0 Å². The number of hydrogen-bond donors (Lipinski definition) is 1. The summed E-state index contributed by atoms with van der Waals surface area (Å²) in [4.78, 5) is 17.7. The van der Waals surface area contributed by atoms with Gasteiger partial charge in [-0.1, -0.05) is 12.1 Å². The minimum absolute atomic E-state index is 0.0238. The second kappa shape index (κ2) is 8.69. The quantitative estimate of drug-likeness (QED) is 0.685. The van der Waals surface area contributed by atoms with E-state index in [0.717, 1.165) is 30.1 Å². The number of alkyl halides is 2. The van der Waals surface area contributed by atoms with Crippen molar-refractivity contribution in [2.45, 2.75) is 44.8 Å². The summed E-state index contributed by atoms with van der Waals surface area (Å²) in [5.74, 6) is -1.19. The van der Waals surface area contributed by atoms with Gasteiger partial charge in [-0.25, -0.2) is 13.8 Å². The van der Waals surface area contributed by atoms with Crippen LogP contribution in [0.1, 0.15) is 38.3 Å². The summed E-state index contributed by atoms with van der Waals surface area (Å²) in [7, 11) is 0. The first kappa shape index (κ1) is 21.3. The molecular weight excluding hydrogens is 404 g/mol.